The normalized spacial score (nSPS) is 10.1. The largest absolute Gasteiger partial charge is 0.497 e. The second kappa shape index (κ2) is 5.60. The average Bonchev–Trinajstić information content (AvgIpc) is 2.39. The number of hydrogen-bond donors (Lipinski definition) is 1. The SMILES string of the molecule is COc1cccc(Sc2ccccc2C(=O)O)c1. The van der Waals surface area contributed by atoms with Crippen molar-refractivity contribution in [2.24, 2.45) is 0 Å². The van der Waals surface area contributed by atoms with Gasteiger partial charge in [-0.2, -0.15) is 0 Å². The Balaban J connectivity index is 2.31. The van der Waals surface area contributed by atoms with Crippen molar-refractivity contribution in [3.8, 4) is 5.75 Å². The highest BCUT2D eigenvalue weighted by atomic mass is 32.2. The Labute approximate surface area is 109 Å². The van der Waals surface area contributed by atoms with Crippen LogP contribution in [-0.2, 0) is 0 Å². The molecule has 2 rings (SSSR count). The van der Waals surface area contributed by atoms with Gasteiger partial charge < -0.3 is 9.84 Å². The first kappa shape index (κ1) is 12.5. The molecule has 0 aromatic heterocycles. The molecule has 3 nitrogen and oxygen atoms in total. The van der Waals surface area contributed by atoms with Crippen molar-refractivity contribution in [2.45, 2.75) is 9.79 Å². The van der Waals surface area contributed by atoms with Crippen LogP contribution >= 0.6 is 11.8 Å². The van der Waals surface area contributed by atoms with Gasteiger partial charge in [-0.1, -0.05) is 30.0 Å². The fourth-order valence-corrected chi connectivity index (χ4v) is 2.51. The van der Waals surface area contributed by atoms with Gasteiger partial charge in [0.1, 0.15) is 5.75 Å². The van der Waals surface area contributed by atoms with Crippen LogP contribution in [0.25, 0.3) is 0 Å². The van der Waals surface area contributed by atoms with Gasteiger partial charge in [-0.05, 0) is 30.3 Å². The van der Waals surface area contributed by atoms with E-state index in [-0.39, 0.29) is 0 Å². The zero-order valence-corrected chi connectivity index (χ0v) is 10.6. The highest BCUT2D eigenvalue weighted by Crippen LogP contribution is 2.32. The second-order valence-electron chi connectivity index (χ2n) is 3.58. The van der Waals surface area contributed by atoms with Gasteiger partial charge in [0.15, 0.2) is 0 Å². The second-order valence-corrected chi connectivity index (χ2v) is 4.70. The van der Waals surface area contributed by atoms with Crippen LogP contribution in [0.2, 0.25) is 0 Å². The highest BCUT2D eigenvalue weighted by Gasteiger charge is 2.10. The van der Waals surface area contributed by atoms with E-state index in [1.165, 1.54) is 11.8 Å². The maximum Gasteiger partial charge on any atom is 0.336 e. The maximum atomic E-state index is 11.1. The number of benzene rings is 2. The molecule has 1 N–H and O–H groups in total. The van der Waals surface area contributed by atoms with Crippen molar-refractivity contribution >= 4 is 17.7 Å². The van der Waals surface area contributed by atoms with E-state index < -0.39 is 5.97 Å². The van der Waals surface area contributed by atoms with Gasteiger partial charge in [0, 0.05) is 9.79 Å². The molecule has 0 aliphatic rings. The van der Waals surface area contributed by atoms with Gasteiger partial charge in [0.25, 0.3) is 0 Å². The molecule has 0 bridgehead atoms. The van der Waals surface area contributed by atoms with Crippen LogP contribution in [0.3, 0.4) is 0 Å². The highest BCUT2D eigenvalue weighted by molar-refractivity contribution is 7.99. The predicted octanol–water partition coefficient (Wildman–Crippen LogP) is 3.54. The van der Waals surface area contributed by atoms with Gasteiger partial charge in [-0.15, -0.1) is 0 Å². The first-order valence-electron chi connectivity index (χ1n) is 5.35. The van der Waals surface area contributed by atoms with Crippen LogP contribution in [-0.4, -0.2) is 18.2 Å². The van der Waals surface area contributed by atoms with Crippen LogP contribution in [0.1, 0.15) is 10.4 Å². The molecule has 0 atom stereocenters. The summed E-state index contributed by atoms with van der Waals surface area (Å²) in [7, 11) is 1.61. The van der Waals surface area contributed by atoms with E-state index in [4.69, 9.17) is 9.84 Å². The first-order chi connectivity index (χ1) is 8.70. The molecular weight excluding hydrogens is 248 g/mol. The summed E-state index contributed by atoms with van der Waals surface area (Å²) in [5.41, 5.74) is 0.310. The Morgan fingerprint density at radius 2 is 1.94 bits per heavy atom. The van der Waals surface area contributed by atoms with Crippen molar-refractivity contribution in [1.29, 1.82) is 0 Å². The van der Waals surface area contributed by atoms with E-state index in [2.05, 4.69) is 0 Å². The van der Waals surface area contributed by atoms with Crippen LogP contribution in [0.4, 0.5) is 0 Å². The number of ether oxygens (including phenoxy) is 1. The molecule has 0 fully saturated rings. The third-order valence-electron chi connectivity index (χ3n) is 2.39. The topological polar surface area (TPSA) is 46.5 Å². The average molecular weight is 260 g/mol. The molecule has 2 aromatic carbocycles. The number of carboxylic acids is 1. The third-order valence-corrected chi connectivity index (χ3v) is 3.45. The fraction of sp³-hybridized carbons (Fsp3) is 0.0714. The Bertz CT molecular complexity index is 566. The van der Waals surface area contributed by atoms with Crippen molar-refractivity contribution in [2.75, 3.05) is 7.11 Å². The maximum absolute atomic E-state index is 11.1. The Kier molecular flexibility index (Phi) is 3.89. The molecule has 18 heavy (non-hydrogen) atoms. The Morgan fingerprint density at radius 1 is 1.17 bits per heavy atom. The summed E-state index contributed by atoms with van der Waals surface area (Å²) in [5.74, 6) is -0.159. The smallest absolute Gasteiger partial charge is 0.336 e. The minimum Gasteiger partial charge on any atom is -0.497 e. The molecular formula is C14H12O3S. The Hall–Kier alpha value is -1.94. The lowest BCUT2D eigenvalue weighted by Gasteiger charge is -2.06. The van der Waals surface area contributed by atoms with E-state index in [1.807, 2.05) is 30.3 Å². The van der Waals surface area contributed by atoms with Crippen LogP contribution in [0, 0.1) is 0 Å². The minimum absolute atomic E-state index is 0.310. The number of carbonyl (C=O) groups is 1. The quantitative estimate of drug-likeness (QED) is 0.913. The summed E-state index contributed by atoms with van der Waals surface area (Å²) < 4.78 is 5.14. The van der Waals surface area contributed by atoms with Gasteiger partial charge in [-0.3, -0.25) is 0 Å². The monoisotopic (exact) mass is 260 g/mol. The molecule has 0 saturated carbocycles. The van der Waals surface area contributed by atoms with Crippen molar-refractivity contribution in [3.05, 3.63) is 54.1 Å². The molecule has 0 saturated heterocycles. The summed E-state index contributed by atoms with van der Waals surface area (Å²) in [6, 6.07) is 14.5. The number of aromatic carboxylic acids is 1. The number of carboxylic acid groups (broad SMARTS) is 1. The van der Waals surface area contributed by atoms with E-state index in [1.54, 1.807) is 25.3 Å². The molecule has 0 spiro atoms. The van der Waals surface area contributed by atoms with E-state index in [0.29, 0.717) is 5.56 Å². The van der Waals surface area contributed by atoms with Crippen molar-refractivity contribution < 1.29 is 14.6 Å². The molecule has 2 aromatic rings. The lowest BCUT2D eigenvalue weighted by molar-refractivity contribution is 0.0693. The van der Waals surface area contributed by atoms with Crippen molar-refractivity contribution in [1.82, 2.24) is 0 Å². The van der Waals surface area contributed by atoms with Gasteiger partial charge in [0.2, 0.25) is 0 Å². The van der Waals surface area contributed by atoms with E-state index in [0.717, 1.165) is 15.5 Å². The fourth-order valence-electron chi connectivity index (χ4n) is 1.52. The molecule has 0 aliphatic heterocycles. The van der Waals surface area contributed by atoms with Gasteiger partial charge in [0.05, 0.1) is 12.7 Å². The van der Waals surface area contributed by atoms with E-state index in [9.17, 15) is 4.79 Å². The minimum atomic E-state index is -0.916. The zero-order valence-electron chi connectivity index (χ0n) is 9.79. The molecule has 0 radical (unpaired) electrons. The summed E-state index contributed by atoms with van der Waals surface area (Å²) >= 11 is 1.41. The number of methoxy groups -OCH3 is 1. The zero-order chi connectivity index (χ0) is 13.0. The third kappa shape index (κ3) is 2.84. The predicted molar refractivity (Wildman–Crippen MR) is 70.5 cm³/mol. The molecule has 92 valence electrons. The standard InChI is InChI=1S/C14H12O3S/c1-17-10-5-4-6-11(9-10)18-13-8-3-2-7-12(13)14(15)16/h2-9H,1H3,(H,15,16). The lowest BCUT2D eigenvalue weighted by Crippen LogP contribution is -1.97. The summed E-state index contributed by atoms with van der Waals surface area (Å²) in [5, 5.41) is 9.11. The molecule has 0 unspecified atom stereocenters. The summed E-state index contributed by atoms with van der Waals surface area (Å²) in [6.07, 6.45) is 0. The first-order valence-corrected chi connectivity index (χ1v) is 6.16. The van der Waals surface area contributed by atoms with Crippen LogP contribution in [0.5, 0.6) is 5.75 Å². The number of rotatable bonds is 4. The summed E-state index contributed by atoms with van der Waals surface area (Å²) in [6.45, 7) is 0. The summed E-state index contributed by atoms with van der Waals surface area (Å²) in [4.78, 5) is 12.8. The van der Waals surface area contributed by atoms with Crippen molar-refractivity contribution in [3.63, 3.8) is 0 Å². The molecule has 0 amide bonds. The molecule has 0 heterocycles. The van der Waals surface area contributed by atoms with Gasteiger partial charge in [-0.25, -0.2) is 4.79 Å². The van der Waals surface area contributed by atoms with Crippen LogP contribution in [0.15, 0.2) is 58.3 Å². The molecule has 4 heteroatoms. The number of hydrogen-bond acceptors (Lipinski definition) is 3. The molecule has 0 aliphatic carbocycles. The van der Waals surface area contributed by atoms with Crippen LogP contribution < -0.4 is 4.74 Å². The van der Waals surface area contributed by atoms with Gasteiger partial charge >= 0.3 is 5.97 Å². The Morgan fingerprint density at radius 3 is 2.67 bits per heavy atom. The van der Waals surface area contributed by atoms with E-state index >= 15 is 0 Å². The lowest BCUT2D eigenvalue weighted by atomic mass is 10.2.